The molecule has 3 rings (SSSR count). The zero-order valence-corrected chi connectivity index (χ0v) is 10.6. The highest BCUT2D eigenvalue weighted by Crippen LogP contribution is 2.27. The number of rotatable bonds is 2. The molecular weight excluding hydrogens is 236 g/mol. The number of hydrogen-bond acceptors (Lipinski definition) is 3. The number of aromatic nitrogens is 2. The zero-order chi connectivity index (χ0) is 13.2. The average molecular weight is 250 g/mol. The van der Waals surface area contributed by atoms with Gasteiger partial charge in [-0.25, -0.2) is 0 Å². The molecule has 0 aliphatic carbocycles. The van der Waals surface area contributed by atoms with Gasteiger partial charge in [0.2, 0.25) is 0 Å². The third-order valence-electron chi connectivity index (χ3n) is 3.11. The fourth-order valence-corrected chi connectivity index (χ4v) is 2.25. The van der Waals surface area contributed by atoms with E-state index in [1.165, 1.54) is 5.56 Å². The third-order valence-corrected chi connectivity index (χ3v) is 3.11. The smallest absolute Gasteiger partial charge is 0.0929 e. The van der Waals surface area contributed by atoms with Crippen LogP contribution in [-0.2, 0) is 7.05 Å². The molecule has 0 fully saturated rings. The van der Waals surface area contributed by atoms with Crippen LogP contribution in [0.5, 0.6) is 0 Å². The standard InChI is InChI=1S/C15H14N4/c1-19-10-14-13(3-2-4-15(14)18-19)12-7-5-11(6-8-12)9-17-16/h2-10H,16H2,1H3. The molecular formula is C15H14N4. The molecule has 1 aromatic heterocycles. The number of fused-ring (bicyclic) bond motifs is 1. The van der Waals surface area contributed by atoms with Gasteiger partial charge in [-0.05, 0) is 22.8 Å². The van der Waals surface area contributed by atoms with Crippen molar-refractivity contribution in [1.82, 2.24) is 9.78 Å². The van der Waals surface area contributed by atoms with Gasteiger partial charge in [-0.1, -0.05) is 36.4 Å². The number of hydrogen-bond donors (Lipinski definition) is 1. The van der Waals surface area contributed by atoms with Crippen molar-refractivity contribution in [2.24, 2.45) is 18.0 Å². The highest BCUT2D eigenvalue weighted by molar-refractivity contribution is 5.94. The Hall–Kier alpha value is -2.62. The first kappa shape index (κ1) is 11.5. The third kappa shape index (κ3) is 2.08. The molecule has 2 aromatic carbocycles. The lowest BCUT2D eigenvalue weighted by Crippen LogP contribution is -1.86. The fourth-order valence-electron chi connectivity index (χ4n) is 2.25. The van der Waals surface area contributed by atoms with Crippen LogP contribution >= 0.6 is 0 Å². The van der Waals surface area contributed by atoms with Gasteiger partial charge < -0.3 is 5.84 Å². The van der Waals surface area contributed by atoms with Crippen LogP contribution in [0.15, 0.2) is 53.8 Å². The molecule has 3 aromatic rings. The van der Waals surface area contributed by atoms with Crippen molar-refractivity contribution in [3.05, 3.63) is 54.2 Å². The molecule has 0 saturated carbocycles. The lowest BCUT2D eigenvalue weighted by molar-refractivity contribution is 0.780. The molecule has 0 aliphatic heterocycles. The molecule has 0 spiro atoms. The Morgan fingerprint density at radius 2 is 1.95 bits per heavy atom. The predicted molar refractivity (Wildman–Crippen MR) is 77.9 cm³/mol. The molecule has 4 heteroatoms. The van der Waals surface area contributed by atoms with Gasteiger partial charge in [0.15, 0.2) is 0 Å². The Morgan fingerprint density at radius 1 is 1.16 bits per heavy atom. The number of nitrogens with two attached hydrogens (primary N) is 1. The Morgan fingerprint density at radius 3 is 2.68 bits per heavy atom. The second-order valence-corrected chi connectivity index (χ2v) is 4.44. The van der Waals surface area contributed by atoms with Crippen LogP contribution in [0.3, 0.4) is 0 Å². The second kappa shape index (κ2) is 4.57. The quantitative estimate of drug-likeness (QED) is 0.431. The predicted octanol–water partition coefficient (Wildman–Crippen LogP) is 2.53. The number of hydrazone groups is 1. The van der Waals surface area contributed by atoms with Crippen LogP contribution in [0.2, 0.25) is 0 Å². The van der Waals surface area contributed by atoms with Gasteiger partial charge in [-0.2, -0.15) is 10.2 Å². The van der Waals surface area contributed by atoms with Gasteiger partial charge in [-0.15, -0.1) is 0 Å². The van der Waals surface area contributed by atoms with Crippen molar-refractivity contribution in [3.63, 3.8) is 0 Å². The molecule has 0 amide bonds. The summed E-state index contributed by atoms with van der Waals surface area (Å²) in [5, 5.41) is 9.11. The minimum Gasteiger partial charge on any atom is -0.323 e. The molecule has 0 atom stereocenters. The van der Waals surface area contributed by atoms with E-state index in [9.17, 15) is 0 Å². The SMILES string of the molecule is Cn1cc2c(-c3ccc(C=NN)cc3)cccc2n1. The van der Waals surface area contributed by atoms with Crippen LogP contribution in [0.1, 0.15) is 5.56 Å². The lowest BCUT2D eigenvalue weighted by atomic mass is 10.0. The van der Waals surface area contributed by atoms with E-state index in [2.05, 4.69) is 28.4 Å². The van der Waals surface area contributed by atoms with E-state index in [1.807, 2.05) is 42.2 Å². The highest BCUT2D eigenvalue weighted by Gasteiger charge is 2.06. The van der Waals surface area contributed by atoms with Crippen molar-refractivity contribution in [1.29, 1.82) is 0 Å². The molecule has 0 radical (unpaired) electrons. The summed E-state index contributed by atoms with van der Waals surface area (Å²) in [5.41, 5.74) is 4.34. The van der Waals surface area contributed by atoms with Gasteiger partial charge in [0.25, 0.3) is 0 Å². The monoisotopic (exact) mass is 250 g/mol. The number of benzene rings is 2. The Kier molecular flexibility index (Phi) is 2.76. The Labute approximate surface area is 111 Å². The van der Waals surface area contributed by atoms with Crippen molar-refractivity contribution >= 4 is 17.1 Å². The van der Waals surface area contributed by atoms with Crippen LogP contribution in [-0.4, -0.2) is 16.0 Å². The maximum Gasteiger partial charge on any atom is 0.0929 e. The first-order valence-corrected chi connectivity index (χ1v) is 6.04. The number of aryl methyl sites for hydroxylation is 1. The van der Waals surface area contributed by atoms with E-state index >= 15 is 0 Å². The van der Waals surface area contributed by atoms with Crippen LogP contribution in [0.4, 0.5) is 0 Å². The van der Waals surface area contributed by atoms with E-state index in [-0.39, 0.29) is 0 Å². The topological polar surface area (TPSA) is 56.2 Å². The van der Waals surface area contributed by atoms with Crippen molar-refractivity contribution < 1.29 is 0 Å². The fraction of sp³-hybridized carbons (Fsp3) is 0.0667. The van der Waals surface area contributed by atoms with Crippen LogP contribution in [0, 0.1) is 0 Å². The van der Waals surface area contributed by atoms with Crippen molar-refractivity contribution in [2.45, 2.75) is 0 Å². The van der Waals surface area contributed by atoms with Crippen molar-refractivity contribution in [3.8, 4) is 11.1 Å². The maximum absolute atomic E-state index is 5.15. The zero-order valence-electron chi connectivity index (χ0n) is 10.6. The summed E-state index contributed by atoms with van der Waals surface area (Å²) in [6.07, 6.45) is 3.67. The van der Waals surface area contributed by atoms with Crippen LogP contribution in [0.25, 0.3) is 22.0 Å². The van der Waals surface area contributed by atoms with Crippen molar-refractivity contribution in [2.75, 3.05) is 0 Å². The maximum atomic E-state index is 5.15. The van der Waals surface area contributed by atoms with Gasteiger partial charge >= 0.3 is 0 Å². The number of nitrogens with zero attached hydrogens (tertiary/aromatic N) is 3. The van der Waals surface area contributed by atoms with Gasteiger partial charge in [0, 0.05) is 18.6 Å². The molecule has 19 heavy (non-hydrogen) atoms. The average Bonchev–Trinajstić information content (AvgIpc) is 2.80. The molecule has 94 valence electrons. The first-order chi connectivity index (χ1) is 9.28. The molecule has 2 N–H and O–H groups in total. The summed E-state index contributed by atoms with van der Waals surface area (Å²) >= 11 is 0. The molecule has 4 nitrogen and oxygen atoms in total. The minimum absolute atomic E-state index is 0.990. The van der Waals surface area contributed by atoms with E-state index in [4.69, 9.17) is 5.84 Å². The van der Waals surface area contributed by atoms with Crippen LogP contribution < -0.4 is 5.84 Å². The summed E-state index contributed by atoms with van der Waals surface area (Å²) in [4.78, 5) is 0. The minimum atomic E-state index is 0.990. The summed E-state index contributed by atoms with van der Waals surface area (Å²) in [6.45, 7) is 0. The highest BCUT2D eigenvalue weighted by atomic mass is 15.2. The largest absolute Gasteiger partial charge is 0.323 e. The molecule has 0 saturated heterocycles. The summed E-state index contributed by atoms with van der Waals surface area (Å²) in [5.74, 6) is 5.15. The van der Waals surface area contributed by atoms with E-state index in [0.717, 1.165) is 22.0 Å². The second-order valence-electron chi connectivity index (χ2n) is 4.44. The first-order valence-electron chi connectivity index (χ1n) is 6.04. The molecule has 0 unspecified atom stereocenters. The van der Waals surface area contributed by atoms with E-state index in [1.54, 1.807) is 6.21 Å². The normalized spacial score (nSPS) is 11.4. The summed E-state index contributed by atoms with van der Waals surface area (Å²) in [6, 6.07) is 14.3. The van der Waals surface area contributed by atoms with E-state index < -0.39 is 0 Å². The molecule has 0 bridgehead atoms. The van der Waals surface area contributed by atoms with E-state index in [0.29, 0.717) is 0 Å². The Balaban J connectivity index is 2.13. The van der Waals surface area contributed by atoms with Gasteiger partial charge in [0.1, 0.15) is 0 Å². The molecule has 1 heterocycles. The molecule has 0 aliphatic rings. The summed E-state index contributed by atoms with van der Waals surface area (Å²) in [7, 11) is 1.94. The summed E-state index contributed by atoms with van der Waals surface area (Å²) < 4.78 is 1.84. The van der Waals surface area contributed by atoms with Gasteiger partial charge in [-0.3, -0.25) is 4.68 Å². The van der Waals surface area contributed by atoms with Gasteiger partial charge in [0.05, 0.1) is 11.7 Å². The Bertz CT molecular complexity index is 738. The lowest BCUT2D eigenvalue weighted by Gasteiger charge is -2.03.